The first-order valence-corrected chi connectivity index (χ1v) is 11.0. The standard InChI is InChI=1S/C25H23NO6S/c1-29-20-13-16(14-21(30-2)23(20)31-3)15-22-24(27)26(25(28)33-22)11-12-32-19-10-6-8-17-7-4-5-9-18(17)19/h4-10,13-15H,11-12H2,1-3H3/b22-15-. The molecule has 0 spiro atoms. The molecule has 0 saturated carbocycles. The number of hydrogen-bond acceptors (Lipinski definition) is 7. The second-order valence-corrected chi connectivity index (χ2v) is 8.11. The first-order chi connectivity index (χ1) is 16.0. The lowest BCUT2D eigenvalue weighted by molar-refractivity contribution is -0.123. The van der Waals surface area contributed by atoms with E-state index in [1.54, 1.807) is 18.2 Å². The fourth-order valence-corrected chi connectivity index (χ4v) is 4.46. The Morgan fingerprint density at radius 2 is 1.58 bits per heavy atom. The van der Waals surface area contributed by atoms with Crippen molar-refractivity contribution in [2.24, 2.45) is 0 Å². The summed E-state index contributed by atoms with van der Waals surface area (Å²) in [7, 11) is 4.56. The smallest absolute Gasteiger partial charge is 0.293 e. The molecule has 0 aromatic heterocycles. The third kappa shape index (κ3) is 4.61. The maximum absolute atomic E-state index is 12.9. The summed E-state index contributed by atoms with van der Waals surface area (Å²) in [6, 6.07) is 17.1. The molecule has 1 aliphatic rings. The highest BCUT2D eigenvalue weighted by molar-refractivity contribution is 8.18. The second kappa shape index (κ2) is 9.87. The van der Waals surface area contributed by atoms with Crippen molar-refractivity contribution in [1.82, 2.24) is 4.90 Å². The Morgan fingerprint density at radius 1 is 0.879 bits per heavy atom. The van der Waals surface area contributed by atoms with Gasteiger partial charge in [0.2, 0.25) is 5.75 Å². The number of hydrogen-bond donors (Lipinski definition) is 0. The van der Waals surface area contributed by atoms with Gasteiger partial charge in [0, 0.05) is 5.39 Å². The van der Waals surface area contributed by atoms with Crippen molar-refractivity contribution in [3.63, 3.8) is 0 Å². The van der Waals surface area contributed by atoms with E-state index in [0.29, 0.717) is 33.5 Å². The van der Waals surface area contributed by atoms with Gasteiger partial charge in [-0.25, -0.2) is 0 Å². The van der Waals surface area contributed by atoms with Gasteiger partial charge in [-0.05, 0) is 47.0 Å². The number of thioether (sulfide) groups is 1. The minimum absolute atomic E-state index is 0.153. The van der Waals surface area contributed by atoms with Crippen molar-refractivity contribution < 1.29 is 28.5 Å². The quantitative estimate of drug-likeness (QED) is 0.434. The van der Waals surface area contributed by atoms with Gasteiger partial charge in [-0.3, -0.25) is 14.5 Å². The molecule has 1 fully saturated rings. The normalized spacial score (nSPS) is 14.8. The van der Waals surface area contributed by atoms with Gasteiger partial charge >= 0.3 is 0 Å². The fraction of sp³-hybridized carbons (Fsp3) is 0.200. The number of fused-ring (bicyclic) bond motifs is 1. The van der Waals surface area contributed by atoms with Crippen LogP contribution in [0.1, 0.15) is 5.56 Å². The summed E-state index contributed by atoms with van der Waals surface area (Å²) in [6.07, 6.45) is 1.64. The number of ether oxygens (including phenoxy) is 4. The molecule has 8 heteroatoms. The van der Waals surface area contributed by atoms with Crippen molar-refractivity contribution >= 4 is 39.8 Å². The number of benzene rings is 3. The first kappa shape index (κ1) is 22.5. The first-order valence-electron chi connectivity index (χ1n) is 10.2. The minimum atomic E-state index is -0.361. The molecule has 3 aromatic rings. The highest BCUT2D eigenvalue weighted by atomic mass is 32.2. The van der Waals surface area contributed by atoms with Crippen LogP contribution >= 0.6 is 11.8 Å². The average Bonchev–Trinajstić information content (AvgIpc) is 3.10. The van der Waals surface area contributed by atoms with Crippen LogP contribution in [0.2, 0.25) is 0 Å². The van der Waals surface area contributed by atoms with E-state index in [4.69, 9.17) is 18.9 Å². The van der Waals surface area contributed by atoms with E-state index in [1.807, 2.05) is 42.5 Å². The molecule has 1 saturated heterocycles. The molecule has 0 unspecified atom stereocenters. The van der Waals surface area contributed by atoms with Gasteiger partial charge in [-0.2, -0.15) is 0 Å². The molecule has 4 rings (SSSR count). The van der Waals surface area contributed by atoms with E-state index in [0.717, 1.165) is 22.5 Å². The SMILES string of the molecule is COc1cc(/C=C2\SC(=O)N(CCOc3cccc4ccccc34)C2=O)cc(OC)c1OC. The van der Waals surface area contributed by atoms with Crippen molar-refractivity contribution in [2.75, 3.05) is 34.5 Å². The number of carbonyl (C=O) groups is 2. The zero-order valence-corrected chi connectivity index (χ0v) is 19.3. The average molecular weight is 466 g/mol. The van der Waals surface area contributed by atoms with Gasteiger partial charge in [-0.1, -0.05) is 36.4 Å². The van der Waals surface area contributed by atoms with Gasteiger partial charge < -0.3 is 18.9 Å². The summed E-state index contributed by atoms with van der Waals surface area (Å²) >= 11 is 0.892. The Bertz CT molecular complexity index is 1210. The fourth-order valence-electron chi connectivity index (χ4n) is 3.60. The van der Waals surface area contributed by atoms with Gasteiger partial charge in [0.25, 0.3) is 11.1 Å². The molecule has 0 aliphatic carbocycles. The van der Waals surface area contributed by atoms with E-state index >= 15 is 0 Å². The molecule has 170 valence electrons. The van der Waals surface area contributed by atoms with Crippen LogP contribution in [0.5, 0.6) is 23.0 Å². The third-order valence-electron chi connectivity index (χ3n) is 5.18. The lowest BCUT2D eigenvalue weighted by atomic mass is 10.1. The van der Waals surface area contributed by atoms with Crippen molar-refractivity contribution in [3.8, 4) is 23.0 Å². The van der Waals surface area contributed by atoms with E-state index in [9.17, 15) is 9.59 Å². The lowest BCUT2D eigenvalue weighted by Gasteiger charge is -2.14. The predicted molar refractivity (Wildman–Crippen MR) is 128 cm³/mol. The van der Waals surface area contributed by atoms with E-state index in [2.05, 4.69) is 0 Å². The molecule has 33 heavy (non-hydrogen) atoms. The molecule has 1 heterocycles. The molecule has 0 N–H and O–H groups in total. The molecule has 0 radical (unpaired) electrons. The number of nitrogens with zero attached hydrogens (tertiary/aromatic N) is 1. The van der Waals surface area contributed by atoms with Gasteiger partial charge in [0.1, 0.15) is 12.4 Å². The van der Waals surface area contributed by atoms with Crippen LogP contribution in [-0.2, 0) is 4.79 Å². The van der Waals surface area contributed by atoms with E-state index in [-0.39, 0.29) is 24.3 Å². The second-order valence-electron chi connectivity index (χ2n) is 7.12. The Labute approximate surface area is 195 Å². The van der Waals surface area contributed by atoms with Crippen LogP contribution in [-0.4, -0.2) is 50.5 Å². The molecule has 3 aromatic carbocycles. The van der Waals surface area contributed by atoms with Crippen LogP contribution < -0.4 is 18.9 Å². The highest BCUT2D eigenvalue weighted by Gasteiger charge is 2.35. The number of methoxy groups -OCH3 is 3. The van der Waals surface area contributed by atoms with Gasteiger partial charge in [0.05, 0.1) is 32.8 Å². The Kier molecular flexibility index (Phi) is 6.74. The summed E-state index contributed by atoms with van der Waals surface area (Å²) in [5.41, 5.74) is 0.655. The minimum Gasteiger partial charge on any atom is -0.493 e. The Hall–Kier alpha value is -3.65. The Morgan fingerprint density at radius 3 is 2.27 bits per heavy atom. The largest absolute Gasteiger partial charge is 0.493 e. The summed E-state index contributed by atoms with van der Waals surface area (Å²) in [5, 5.41) is 1.71. The number of amides is 2. The number of rotatable bonds is 8. The van der Waals surface area contributed by atoms with Gasteiger partial charge in [-0.15, -0.1) is 0 Å². The van der Waals surface area contributed by atoms with Crippen LogP contribution in [0.4, 0.5) is 4.79 Å². The zero-order valence-electron chi connectivity index (χ0n) is 18.5. The molecule has 1 aliphatic heterocycles. The van der Waals surface area contributed by atoms with E-state index in [1.165, 1.54) is 26.2 Å². The van der Waals surface area contributed by atoms with Crippen molar-refractivity contribution in [3.05, 3.63) is 65.1 Å². The van der Waals surface area contributed by atoms with Crippen molar-refractivity contribution in [1.29, 1.82) is 0 Å². The summed E-state index contributed by atoms with van der Waals surface area (Å²) in [4.78, 5) is 26.9. The van der Waals surface area contributed by atoms with Gasteiger partial charge in [0.15, 0.2) is 11.5 Å². The van der Waals surface area contributed by atoms with Crippen molar-refractivity contribution in [2.45, 2.75) is 0 Å². The summed E-state index contributed by atoms with van der Waals surface area (Å²) < 4.78 is 21.9. The number of carbonyl (C=O) groups excluding carboxylic acids is 2. The zero-order chi connectivity index (χ0) is 23.4. The molecule has 0 bridgehead atoms. The summed E-state index contributed by atoms with van der Waals surface area (Å²) in [5.74, 6) is 1.74. The monoisotopic (exact) mass is 465 g/mol. The van der Waals surface area contributed by atoms with Crippen LogP contribution in [0.25, 0.3) is 16.8 Å². The van der Waals surface area contributed by atoms with E-state index < -0.39 is 0 Å². The summed E-state index contributed by atoms with van der Waals surface area (Å²) in [6.45, 7) is 0.351. The van der Waals surface area contributed by atoms with Crippen LogP contribution in [0.3, 0.4) is 0 Å². The third-order valence-corrected chi connectivity index (χ3v) is 6.09. The molecule has 0 atom stereocenters. The predicted octanol–water partition coefficient (Wildman–Crippen LogP) is 4.98. The molecular weight excluding hydrogens is 442 g/mol. The molecule has 2 amide bonds. The van der Waals surface area contributed by atoms with Crippen LogP contribution in [0, 0.1) is 0 Å². The van der Waals surface area contributed by atoms with Crippen LogP contribution in [0.15, 0.2) is 59.5 Å². The maximum atomic E-state index is 12.9. The maximum Gasteiger partial charge on any atom is 0.293 e. The molecule has 7 nitrogen and oxygen atoms in total. The number of imide groups is 1. The lowest BCUT2D eigenvalue weighted by Crippen LogP contribution is -2.32. The highest BCUT2D eigenvalue weighted by Crippen LogP contribution is 2.40. The molecular formula is C25H23NO6S. The topological polar surface area (TPSA) is 74.3 Å². The Balaban J connectivity index is 1.48.